The van der Waals surface area contributed by atoms with Gasteiger partial charge in [-0.05, 0) is 106 Å². The summed E-state index contributed by atoms with van der Waals surface area (Å²) in [5.41, 5.74) is 7.40. The van der Waals surface area contributed by atoms with Crippen LogP contribution in [0, 0.1) is 0 Å². The standard InChI is InChI=1S/C37H44N4O5S/c1-24(2)47(43,44)39-37(42)26-13-15-31-32(22-26)41-23-28(35-33(12-9-17-38-35)46-19-18-40(3)4)20-27-21-29(45-5)14-16-30(27)36(41)34(31)25-10-7-6-8-11-25/h9,12-17,20-22,24-25H,6-8,10-11,18-19,23H2,1-5H3,(H,39,42). The molecule has 9 nitrogen and oxygen atoms in total. The number of nitrogens with one attached hydrogen (secondary N) is 1. The minimum atomic E-state index is -3.80. The molecule has 2 aromatic carbocycles. The Morgan fingerprint density at radius 2 is 1.87 bits per heavy atom. The molecule has 1 saturated carbocycles. The van der Waals surface area contributed by atoms with Gasteiger partial charge in [-0.3, -0.25) is 9.78 Å². The molecule has 1 aliphatic carbocycles. The van der Waals surface area contributed by atoms with Crippen molar-refractivity contribution in [3.8, 4) is 22.8 Å². The summed E-state index contributed by atoms with van der Waals surface area (Å²) >= 11 is 0. The summed E-state index contributed by atoms with van der Waals surface area (Å²) < 4.78 is 41.8. The summed E-state index contributed by atoms with van der Waals surface area (Å²) in [7, 11) is 1.91. The van der Waals surface area contributed by atoms with Crippen molar-refractivity contribution in [2.45, 2.75) is 63.7 Å². The van der Waals surface area contributed by atoms with Gasteiger partial charge in [0.15, 0.2) is 0 Å². The lowest BCUT2D eigenvalue weighted by molar-refractivity contribution is 0.0981. The highest BCUT2D eigenvalue weighted by Gasteiger charge is 2.31. The maximum Gasteiger partial charge on any atom is 0.264 e. The van der Waals surface area contributed by atoms with Crippen LogP contribution in [0.4, 0.5) is 0 Å². The molecular weight excluding hydrogens is 612 g/mol. The van der Waals surface area contributed by atoms with Crippen molar-refractivity contribution in [1.82, 2.24) is 19.2 Å². The predicted molar refractivity (Wildman–Crippen MR) is 187 cm³/mol. The smallest absolute Gasteiger partial charge is 0.264 e. The fourth-order valence-corrected chi connectivity index (χ4v) is 7.33. The molecule has 1 amide bonds. The Morgan fingerprint density at radius 3 is 2.60 bits per heavy atom. The molecule has 0 unspecified atom stereocenters. The molecule has 0 spiro atoms. The molecule has 0 saturated heterocycles. The lowest BCUT2D eigenvalue weighted by Gasteiger charge is -2.24. The number of fused-ring (bicyclic) bond motifs is 5. The van der Waals surface area contributed by atoms with Crippen LogP contribution in [0.5, 0.6) is 11.5 Å². The van der Waals surface area contributed by atoms with E-state index in [2.05, 4.69) is 32.4 Å². The number of methoxy groups -OCH3 is 1. The van der Waals surface area contributed by atoms with Crippen molar-refractivity contribution in [1.29, 1.82) is 0 Å². The summed E-state index contributed by atoms with van der Waals surface area (Å²) in [6.45, 7) is 4.87. The SMILES string of the molecule is COc1ccc2c(c1)C=C(c1ncccc1OCCN(C)C)Cn1c-2c(C2CCCCC2)c2ccc(C(=O)NS(=O)(=O)C(C)C)cc21. The Balaban J connectivity index is 1.57. The zero-order valence-electron chi connectivity index (χ0n) is 27.9. The molecular formula is C37H44N4O5S. The van der Waals surface area contributed by atoms with Crippen LogP contribution in [0.15, 0.2) is 54.7 Å². The molecule has 0 atom stereocenters. The van der Waals surface area contributed by atoms with Crippen LogP contribution >= 0.6 is 0 Å². The van der Waals surface area contributed by atoms with Crippen LogP contribution in [0.1, 0.15) is 79.0 Å². The lowest BCUT2D eigenvalue weighted by Crippen LogP contribution is -2.35. The molecule has 6 rings (SSSR count). The molecule has 248 valence electrons. The van der Waals surface area contributed by atoms with E-state index in [1.807, 2.05) is 44.4 Å². The van der Waals surface area contributed by atoms with E-state index in [0.717, 1.165) is 64.1 Å². The van der Waals surface area contributed by atoms with Crippen molar-refractivity contribution in [3.63, 3.8) is 0 Å². The third kappa shape index (κ3) is 6.67. The van der Waals surface area contributed by atoms with Gasteiger partial charge in [-0.1, -0.05) is 25.3 Å². The van der Waals surface area contributed by atoms with Crippen molar-refractivity contribution in [2.24, 2.45) is 0 Å². The van der Waals surface area contributed by atoms with Gasteiger partial charge in [0.25, 0.3) is 5.91 Å². The number of ether oxygens (including phenoxy) is 2. The fraction of sp³-hybridized carbons (Fsp3) is 0.405. The van der Waals surface area contributed by atoms with E-state index in [9.17, 15) is 13.2 Å². The average molecular weight is 657 g/mol. The zero-order chi connectivity index (χ0) is 33.3. The highest BCUT2D eigenvalue weighted by atomic mass is 32.2. The Hall–Kier alpha value is -4.15. The molecule has 1 aliphatic heterocycles. The van der Waals surface area contributed by atoms with Gasteiger partial charge < -0.3 is 18.9 Å². The first-order valence-corrected chi connectivity index (χ1v) is 18.0. The van der Waals surface area contributed by atoms with Crippen LogP contribution in [0.3, 0.4) is 0 Å². The monoisotopic (exact) mass is 656 g/mol. The highest BCUT2D eigenvalue weighted by molar-refractivity contribution is 7.90. The number of rotatable bonds is 10. The third-order valence-corrected chi connectivity index (χ3v) is 11.0. The van der Waals surface area contributed by atoms with E-state index in [-0.39, 0.29) is 0 Å². The van der Waals surface area contributed by atoms with E-state index in [4.69, 9.17) is 14.5 Å². The van der Waals surface area contributed by atoms with Gasteiger partial charge in [0.05, 0.1) is 24.6 Å². The van der Waals surface area contributed by atoms with E-state index in [0.29, 0.717) is 30.4 Å². The van der Waals surface area contributed by atoms with E-state index < -0.39 is 21.2 Å². The molecule has 10 heteroatoms. The topological polar surface area (TPSA) is 103 Å². The number of amides is 1. The average Bonchev–Trinajstić information content (AvgIpc) is 3.27. The number of sulfonamides is 1. The maximum absolute atomic E-state index is 13.3. The number of pyridine rings is 1. The van der Waals surface area contributed by atoms with Gasteiger partial charge in [0.1, 0.15) is 23.8 Å². The Morgan fingerprint density at radius 1 is 1.09 bits per heavy atom. The van der Waals surface area contributed by atoms with Gasteiger partial charge in [0, 0.05) is 40.3 Å². The summed E-state index contributed by atoms with van der Waals surface area (Å²) in [5, 5.41) is 0.355. The molecule has 1 fully saturated rings. The number of benzene rings is 2. The number of allylic oxidation sites excluding steroid dienone is 1. The highest BCUT2D eigenvalue weighted by Crippen LogP contribution is 2.48. The minimum Gasteiger partial charge on any atom is -0.497 e. The van der Waals surface area contributed by atoms with E-state index >= 15 is 0 Å². The van der Waals surface area contributed by atoms with Crippen molar-refractivity contribution < 1.29 is 22.7 Å². The van der Waals surface area contributed by atoms with Gasteiger partial charge in [-0.15, -0.1) is 0 Å². The molecule has 2 aromatic heterocycles. The molecule has 4 aromatic rings. The third-order valence-electron chi connectivity index (χ3n) is 9.28. The Bertz CT molecular complexity index is 1940. The number of aromatic nitrogens is 2. The molecule has 47 heavy (non-hydrogen) atoms. The van der Waals surface area contributed by atoms with Crippen LogP contribution in [-0.2, 0) is 16.6 Å². The molecule has 3 heterocycles. The Labute approximate surface area is 277 Å². The van der Waals surface area contributed by atoms with E-state index in [1.54, 1.807) is 33.2 Å². The number of hydrogen-bond acceptors (Lipinski definition) is 7. The quantitative estimate of drug-likeness (QED) is 0.202. The van der Waals surface area contributed by atoms with Gasteiger partial charge in [-0.2, -0.15) is 0 Å². The first kappa shape index (κ1) is 32.8. The van der Waals surface area contributed by atoms with Gasteiger partial charge >= 0.3 is 0 Å². The first-order chi connectivity index (χ1) is 22.6. The number of nitrogens with zero attached hydrogens (tertiary/aromatic N) is 3. The fourth-order valence-electron chi connectivity index (χ4n) is 6.72. The number of likely N-dealkylation sites (N-methyl/N-ethyl adjacent to an activating group) is 1. The van der Waals surface area contributed by atoms with E-state index in [1.165, 1.54) is 24.8 Å². The predicted octanol–water partition coefficient (Wildman–Crippen LogP) is 6.72. The van der Waals surface area contributed by atoms with Crippen LogP contribution in [-0.4, -0.2) is 68.4 Å². The number of carbonyl (C=O) groups is 1. The number of hydrogen-bond donors (Lipinski definition) is 1. The van der Waals surface area contributed by atoms with Crippen LogP contribution in [0.25, 0.3) is 33.8 Å². The normalized spacial score (nSPS) is 15.3. The summed E-state index contributed by atoms with van der Waals surface area (Å²) in [4.78, 5) is 20.3. The molecule has 2 aliphatic rings. The zero-order valence-corrected chi connectivity index (χ0v) is 28.7. The maximum atomic E-state index is 13.3. The summed E-state index contributed by atoms with van der Waals surface area (Å²) in [5.74, 6) is 1.19. The van der Waals surface area contributed by atoms with Crippen molar-refractivity contribution >= 4 is 38.5 Å². The van der Waals surface area contributed by atoms with Gasteiger partial charge in [0.2, 0.25) is 10.0 Å². The molecule has 0 bridgehead atoms. The van der Waals surface area contributed by atoms with Crippen molar-refractivity contribution in [3.05, 3.63) is 77.1 Å². The van der Waals surface area contributed by atoms with Crippen molar-refractivity contribution in [2.75, 3.05) is 34.4 Å². The molecule has 1 N–H and O–H groups in total. The second kappa shape index (κ2) is 13.5. The summed E-state index contributed by atoms with van der Waals surface area (Å²) in [6, 6.07) is 15.6. The Kier molecular flexibility index (Phi) is 9.43. The van der Waals surface area contributed by atoms with Crippen LogP contribution in [0.2, 0.25) is 0 Å². The lowest BCUT2D eigenvalue weighted by atomic mass is 9.81. The second-order valence-electron chi connectivity index (χ2n) is 13.1. The largest absolute Gasteiger partial charge is 0.497 e. The summed E-state index contributed by atoms with van der Waals surface area (Å²) in [6.07, 6.45) is 9.72. The number of carbonyl (C=O) groups excluding carboxylic acids is 1. The van der Waals surface area contributed by atoms with Gasteiger partial charge in [-0.25, -0.2) is 13.1 Å². The minimum absolute atomic E-state index is 0.299. The van der Waals surface area contributed by atoms with Crippen LogP contribution < -0.4 is 14.2 Å². The molecule has 0 radical (unpaired) electrons. The first-order valence-electron chi connectivity index (χ1n) is 16.4. The second-order valence-corrected chi connectivity index (χ2v) is 15.3.